The van der Waals surface area contributed by atoms with Gasteiger partial charge in [-0.15, -0.1) is 0 Å². The quantitative estimate of drug-likeness (QED) is 0.644. The molecule has 0 saturated carbocycles. The van der Waals surface area contributed by atoms with Crippen LogP contribution in [0.25, 0.3) is 0 Å². The summed E-state index contributed by atoms with van der Waals surface area (Å²) >= 11 is 0. The minimum atomic E-state index is -2.31. The first-order valence-electron chi connectivity index (χ1n) is 5.22. The Hall–Kier alpha value is -1.36. The van der Waals surface area contributed by atoms with Gasteiger partial charge in [-0.1, -0.05) is 0 Å². The van der Waals surface area contributed by atoms with Gasteiger partial charge in [0.05, 0.1) is 13.3 Å². The van der Waals surface area contributed by atoms with Crippen molar-refractivity contribution in [1.29, 1.82) is 0 Å². The Labute approximate surface area is 80.7 Å². The number of carbonyl (C=O) groups is 1. The van der Waals surface area contributed by atoms with Gasteiger partial charge in [0.1, 0.15) is 6.04 Å². The predicted molar refractivity (Wildman–Crippen MR) is 46.9 cm³/mol. The second-order valence-electron chi connectivity index (χ2n) is 2.63. The predicted octanol–water partition coefficient (Wildman–Crippen LogP) is -0.537. The molecule has 0 bridgehead atoms. The fourth-order valence-corrected chi connectivity index (χ4v) is 0.954. The normalized spacial score (nSPS) is 16.9. The van der Waals surface area contributed by atoms with Gasteiger partial charge in [-0.3, -0.25) is 9.48 Å². The monoisotopic (exact) mass is 186 g/mol. The van der Waals surface area contributed by atoms with Gasteiger partial charge in [-0.05, 0) is 5.56 Å². The number of rotatable bonds is 3. The second-order valence-corrected chi connectivity index (χ2v) is 2.63. The largest absolute Gasteiger partial charge is 0.468 e. The minimum absolute atomic E-state index is 0.197. The Morgan fingerprint density at radius 3 is 3.31 bits per heavy atom. The van der Waals surface area contributed by atoms with E-state index in [0.717, 1.165) is 4.68 Å². The highest BCUT2D eigenvalue weighted by molar-refractivity contribution is 5.75. The van der Waals surface area contributed by atoms with Crippen molar-refractivity contribution in [2.45, 2.75) is 12.5 Å². The maximum absolute atomic E-state index is 11.0. The van der Waals surface area contributed by atoms with Gasteiger partial charge < -0.3 is 10.5 Å². The van der Waals surface area contributed by atoms with Crippen LogP contribution in [0, 0.1) is 0 Å². The Morgan fingerprint density at radius 2 is 2.77 bits per heavy atom. The lowest BCUT2D eigenvalue weighted by Gasteiger charge is -2.06. The number of ether oxygens (including phenoxy) is 1. The number of methoxy groups -OCH3 is 1. The molecule has 1 rings (SSSR count). The van der Waals surface area contributed by atoms with E-state index in [1.54, 1.807) is 0 Å². The lowest BCUT2D eigenvalue weighted by molar-refractivity contribution is -0.142. The van der Waals surface area contributed by atoms with Crippen LogP contribution in [-0.4, -0.2) is 28.9 Å². The van der Waals surface area contributed by atoms with Crippen LogP contribution < -0.4 is 5.73 Å². The summed E-state index contributed by atoms with van der Waals surface area (Å²) in [7, 11) is 1.24. The number of nitrogens with two attached hydrogens (primary N) is 1. The van der Waals surface area contributed by atoms with Crippen molar-refractivity contribution < 1.29 is 13.6 Å². The molecule has 0 spiro atoms. The molecule has 1 atom stereocenters. The summed E-state index contributed by atoms with van der Waals surface area (Å²) in [6, 6.07) is -0.806. The highest BCUT2D eigenvalue weighted by Crippen LogP contribution is 2.00. The summed E-state index contributed by atoms with van der Waals surface area (Å²) < 4.78 is 26.6. The van der Waals surface area contributed by atoms with Crippen LogP contribution in [0.4, 0.5) is 0 Å². The summed E-state index contributed by atoms with van der Waals surface area (Å²) in [6.45, 7) is -2.31. The first kappa shape index (κ1) is 6.15. The van der Waals surface area contributed by atoms with E-state index in [0.29, 0.717) is 5.56 Å². The third-order valence-electron chi connectivity index (χ3n) is 1.60. The molecule has 2 N–H and O–H groups in total. The average Bonchev–Trinajstić information content (AvgIpc) is 2.64. The van der Waals surface area contributed by atoms with E-state index in [2.05, 4.69) is 9.84 Å². The number of hydrogen-bond acceptors (Lipinski definition) is 4. The fourth-order valence-electron chi connectivity index (χ4n) is 0.954. The minimum Gasteiger partial charge on any atom is -0.468 e. The third kappa shape index (κ3) is 2.55. The van der Waals surface area contributed by atoms with Gasteiger partial charge in [-0.25, -0.2) is 0 Å². The zero-order chi connectivity index (χ0) is 12.3. The second kappa shape index (κ2) is 4.04. The van der Waals surface area contributed by atoms with Crippen LogP contribution in [0.1, 0.15) is 9.68 Å². The Kier molecular flexibility index (Phi) is 1.91. The molecule has 0 aromatic carbocycles. The molecule has 0 aliphatic carbocycles. The van der Waals surface area contributed by atoms with Crippen molar-refractivity contribution in [3.8, 4) is 0 Å². The lowest BCUT2D eigenvalue weighted by Crippen LogP contribution is -2.33. The lowest BCUT2D eigenvalue weighted by atomic mass is 10.1. The third-order valence-corrected chi connectivity index (χ3v) is 1.60. The summed E-state index contributed by atoms with van der Waals surface area (Å²) in [5.74, 6) is -0.540. The number of nitrogens with zero attached hydrogens (tertiary/aromatic N) is 2. The van der Waals surface area contributed by atoms with E-state index in [4.69, 9.17) is 9.85 Å². The van der Waals surface area contributed by atoms with Crippen molar-refractivity contribution in [1.82, 2.24) is 9.78 Å². The van der Waals surface area contributed by atoms with Crippen LogP contribution in [0.2, 0.25) is 0 Å². The average molecular weight is 186 g/mol. The smallest absolute Gasteiger partial charge is 0.322 e. The van der Waals surface area contributed by atoms with E-state index in [9.17, 15) is 4.79 Å². The van der Waals surface area contributed by atoms with Gasteiger partial charge >= 0.3 is 5.97 Å². The molecule has 0 amide bonds. The number of aryl methyl sites for hydroxylation is 1. The Morgan fingerprint density at radius 1 is 2.00 bits per heavy atom. The molecule has 1 aromatic heterocycles. The maximum atomic E-state index is 11.0. The SMILES string of the molecule is [2H]C([2H])([2H])n1cc(C[C@@H](N)C(=O)OC)cn1. The number of hydrogen-bond donors (Lipinski definition) is 1. The first-order valence-corrected chi connectivity index (χ1v) is 3.72. The molecule has 0 unspecified atom stereocenters. The van der Waals surface area contributed by atoms with Crippen molar-refractivity contribution in [2.75, 3.05) is 7.11 Å². The standard InChI is InChI=1S/C8H13N3O2/c1-11-5-6(4-10-11)3-7(9)8(12)13-2/h4-5,7H,3,9H2,1-2H3/t7-/m1/s1/i1D3. The van der Waals surface area contributed by atoms with E-state index >= 15 is 0 Å². The van der Waals surface area contributed by atoms with Crippen LogP contribution in [-0.2, 0) is 22.9 Å². The van der Waals surface area contributed by atoms with E-state index in [1.165, 1.54) is 19.5 Å². The molecule has 5 nitrogen and oxygen atoms in total. The summed E-state index contributed by atoms with van der Waals surface area (Å²) in [4.78, 5) is 11.0. The molecule has 1 aromatic rings. The van der Waals surface area contributed by atoms with Crippen molar-refractivity contribution in [2.24, 2.45) is 12.7 Å². The van der Waals surface area contributed by atoms with Crippen LogP contribution in [0.5, 0.6) is 0 Å². The zero-order valence-corrected chi connectivity index (χ0v) is 7.23. The van der Waals surface area contributed by atoms with E-state index in [-0.39, 0.29) is 6.42 Å². The molecule has 0 radical (unpaired) electrons. The Bertz CT molecular complexity index is 375. The van der Waals surface area contributed by atoms with Crippen LogP contribution in [0.15, 0.2) is 12.4 Å². The van der Waals surface area contributed by atoms with Gasteiger partial charge in [0.15, 0.2) is 0 Å². The van der Waals surface area contributed by atoms with Gasteiger partial charge in [0.2, 0.25) is 0 Å². The summed E-state index contributed by atoms with van der Waals surface area (Å²) in [5.41, 5.74) is 6.10. The summed E-state index contributed by atoms with van der Waals surface area (Å²) in [5, 5.41) is 3.67. The zero-order valence-electron chi connectivity index (χ0n) is 10.2. The topological polar surface area (TPSA) is 70.1 Å². The molecule has 5 heteroatoms. The fraction of sp³-hybridized carbons (Fsp3) is 0.500. The van der Waals surface area contributed by atoms with Crippen molar-refractivity contribution in [3.05, 3.63) is 18.0 Å². The molecule has 1 heterocycles. The van der Waals surface area contributed by atoms with E-state index in [1.807, 2.05) is 0 Å². The highest BCUT2D eigenvalue weighted by atomic mass is 16.5. The number of aromatic nitrogens is 2. The Balaban J connectivity index is 2.69. The molecule has 0 saturated heterocycles. The van der Waals surface area contributed by atoms with Crippen LogP contribution in [0.3, 0.4) is 0 Å². The molecule has 0 fully saturated rings. The molecular weight excluding hydrogens is 170 g/mol. The maximum Gasteiger partial charge on any atom is 0.322 e. The van der Waals surface area contributed by atoms with Gasteiger partial charge in [0, 0.05) is 23.7 Å². The summed E-state index contributed by atoms with van der Waals surface area (Å²) in [6.07, 6.45) is 2.91. The number of esters is 1. The molecule has 13 heavy (non-hydrogen) atoms. The van der Waals surface area contributed by atoms with Crippen molar-refractivity contribution >= 4 is 5.97 Å². The molecule has 0 aliphatic rings. The number of carbonyl (C=O) groups excluding carboxylic acids is 1. The highest BCUT2D eigenvalue weighted by Gasteiger charge is 2.14. The van der Waals surface area contributed by atoms with Gasteiger partial charge in [-0.2, -0.15) is 5.10 Å². The van der Waals surface area contributed by atoms with Gasteiger partial charge in [0.25, 0.3) is 0 Å². The molecule has 0 aliphatic heterocycles. The van der Waals surface area contributed by atoms with E-state index < -0.39 is 19.0 Å². The molecule has 72 valence electrons. The molecular formula is C8H13N3O2. The van der Waals surface area contributed by atoms with Crippen molar-refractivity contribution in [3.63, 3.8) is 0 Å². The van der Waals surface area contributed by atoms with Crippen LogP contribution >= 0.6 is 0 Å². The first-order chi connectivity index (χ1) is 7.34.